The van der Waals surface area contributed by atoms with Gasteiger partial charge in [-0.15, -0.1) is 0 Å². The Hall–Kier alpha value is 0.180. The van der Waals surface area contributed by atoms with Gasteiger partial charge in [-0.05, 0) is 12.1 Å². The van der Waals surface area contributed by atoms with Crippen LogP contribution in [0.1, 0.15) is 0 Å². The number of hydrogen-bond acceptors (Lipinski definition) is 1. The van der Waals surface area contributed by atoms with E-state index in [1.807, 2.05) is 0 Å². The third-order valence-corrected chi connectivity index (χ3v) is 2.30. The average molecular weight is 233 g/mol. The third-order valence-electron chi connectivity index (χ3n) is 1.01. The fraction of sp³-hybridized carbons (Fsp3) is 0. The molecule has 0 saturated carbocycles. The van der Waals surface area contributed by atoms with E-state index in [1.54, 1.807) is 0 Å². The predicted molar refractivity (Wildman–Crippen MR) is 43.1 cm³/mol. The highest BCUT2D eigenvalue weighted by molar-refractivity contribution is 6.48. The molecule has 0 amide bonds. The van der Waals surface area contributed by atoms with Gasteiger partial charge in [0.2, 0.25) is 0 Å². The van der Waals surface area contributed by atoms with Crippen LogP contribution in [0.15, 0.2) is 12.1 Å². The molecule has 11 heavy (non-hydrogen) atoms. The molecule has 0 bridgehead atoms. The minimum atomic E-state index is -0.0592. The van der Waals surface area contributed by atoms with E-state index in [4.69, 9.17) is 39.9 Å². The fourth-order valence-electron chi connectivity index (χ4n) is 0.516. The summed E-state index contributed by atoms with van der Waals surface area (Å²) >= 11 is 16.6. The van der Waals surface area contributed by atoms with Crippen molar-refractivity contribution in [2.24, 2.45) is 0 Å². The van der Waals surface area contributed by atoms with Crippen LogP contribution >= 0.6 is 34.8 Å². The number of rotatable bonds is 0. The first-order valence-electron chi connectivity index (χ1n) is 2.45. The van der Waals surface area contributed by atoms with Crippen LogP contribution in [0.4, 0.5) is 0 Å². The zero-order valence-electron chi connectivity index (χ0n) is 5.11. The first-order valence-corrected chi connectivity index (χ1v) is 3.59. The van der Waals surface area contributed by atoms with E-state index in [-0.39, 0.29) is 28.2 Å². The lowest BCUT2D eigenvalue weighted by atomic mass is 10.3. The van der Waals surface area contributed by atoms with Crippen LogP contribution in [0.2, 0.25) is 15.1 Å². The maximum Gasteiger partial charge on any atom is 0.135 e. The highest BCUT2D eigenvalue weighted by Crippen LogP contribution is 2.35. The summed E-state index contributed by atoms with van der Waals surface area (Å²) in [4.78, 5) is 0. The monoisotopic (exact) mass is 231 g/mol. The predicted octanol–water partition coefficient (Wildman–Crippen LogP) is 0.356. The second kappa shape index (κ2) is 4.27. The second-order valence-electron chi connectivity index (χ2n) is 1.69. The minimum Gasteiger partial charge on any atom is -1.00 e. The molecule has 0 aliphatic rings. The molecule has 0 radical (unpaired) electrons. The average Bonchev–Trinajstić information content (AvgIpc) is 1.93. The van der Waals surface area contributed by atoms with E-state index in [2.05, 4.69) is 0 Å². The molecule has 1 N–H and O–H groups in total. The lowest BCUT2D eigenvalue weighted by Crippen LogP contribution is -3.00. The van der Waals surface area contributed by atoms with E-state index in [0.717, 1.165) is 0 Å². The standard InChI is InChI=1S/C6H3Cl3O.ClH/c7-3-1-2-4(10)6(9)5(3)8;/h1-2,10H;1H/p-1. The van der Waals surface area contributed by atoms with Crippen LogP contribution in [0.3, 0.4) is 0 Å². The van der Waals surface area contributed by atoms with Gasteiger partial charge in [-0.25, -0.2) is 0 Å². The van der Waals surface area contributed by atoms with Gasteiger partial charge in [0, 0.05) is 0 Å². The van der Waals surface area contributed by atoms with Crippen molar-refractivity contribution in [2.45, 2.75) is 0 Å². The molecule has 1 rings (SSSR count). The lowest BCUT2D eigenvalue weighted by Gasteiger charge is -1.99. The second-order valence-corrected chi connectivity index (χ2v) is 2.86. The summed E-state index contributed by atoms with van der Waals surface area (Å²) < 4.78 is 0. The van der Waals surface area contributed by atoms with Crippen molar-refractivity contribution < 1.29 is 17.5 Å². The first-order chi connectivity index (χ1) is 4.63. The van der Waals surface area contributed by atoms with Crippen LogP contribution in [-0.4, -0.2) is 5.11 Å². The number of phenols is 1. The Kier molecular flexibility index (Phi) is 4.34. The quantitative estimate of drug-likeness (QED) is 0.641. The van der Waals surface area contributed by atoms with Crippen LogP contribution in [0, 0.1) is 0 Å². The van der Waals surface area contributed by atoms with Gasteiger partial charge >= 0.3 is 0 Å². The third kappa shape index (κ3) is 2.31. The molecule has 0 spiro atoms. The summed E-state index contributed by atoms with van der Waals surface area (Å²) in [5, 5.41) is 9.56. The van der Waals surface area contributed by atoms with Gasteiger partial charge in [0.25, 0.3) is 0 Å². The van der Waals surface area contributed by atoms with Crippen LogP contribution < -0.4 is 12.4 Å². The molecule has 0 aliphatic carbocycles. The molecule has 62 valence electrons. The summed E-state index contributed by atoms with van der Waals surface area (Å²) in [6.45, 7) is 0. The van der Waals surface area contributed by atoms with E-state index >= 15 is 0 Å². The molecule has 0 heterocycles. The molecular weight excluding hydrogens is 230 g/mol. The molecule has 0 fully saturated rings. The van der Waals surface area contributed by atoms with Crippen molar-refractivity contribution in [3.8, 4) is 5.75 Å². The largest absolute Gasteiger partial charge is 1.00 e. The van der Waals surface area contributed by atoms with Gasteiger partial charge in [0.05, 0.1) is 10.0 Å². The van der Waals surface area contributed by atoms with E-state index in [1.165, 1.54) is 12.1 Å². The van der Waals surface area contributed by atoms with Gasteiger partial charge in [-0.3, -0.25) is 0 Å². The van der Waals surface area contributed by atoms with Gasteiger partial charge < -0.3 is 17.5 Å². The molecule has 1 aromatic carbocycles. The Morgan fingerprint density at radius 2 is 1.55 bits per heavy atom. The summed E-state index contributed by atoms with van der Waals surface area (Å²) in [5.74, 6) is -0.0592. The highest BCUT2D eigenvalue weighted by Gasteiger charge is 2.06. The summed E-state index contributed by atoms with van der Waals surface area (Å²) in [6.07, 6.45) is 0. The molecule has 0 atom stereocenters. The molecule has 1 nitrogen and oxygen atoms in total. The Balaban J connectivity index is 0.000001000. The minimum absolute atomic E-state index is 0. The molecule has 5 heteroatoms. The molecule has 1 aromatic rings. The van der Waals surface area contributed by atoms with E-state index < -0.39 is 0 Å². The Labute approximate surface area is 85.3 Å². The van der Waals surface area contributed by atoms with Crippen molar-refractivity contribution in [2.75, 3.05) is 0 Å². The van der Waals surface area contributed by atoms with Crippen LogP contribution in [0.5, 0.6) is 5.75 Å². The van der Waals surface area contributed by atoms with Gasteiger partial charge in [-0.1, -0.05) is 34.8 Å². The number of phenolic OH excluding ortho intramolecular Hbond substituents is 1. The van der Waals surface area contributed by atoms with Crippen molar-refractivity contribution in [3.63, 3.8) is 0 Å². The Bertz CT molecular complexity index is 234. The van der Waals surface area contributed by atoms with Crippen molar-refractivity contribution >= 4 is 34.8 Å². The van der Waals surface area contributed by atoms with E-state index in [0.29, 0.717) is 5.02 Å². The number of halogens is 4. The normalized spacial score (nSPS) is 9.00. The molecular formula is C6H3Cl4O-. The van der Waals surface area contributed by atoms with Gasteiger partial charge in [0.15, 0.2) is 0 Å². The van der Waals surface area contributed by atoms with Gasteiger partial charge in [-0.2, -0.15) is 0 Å². The molecule has 0 aliphatic heterocycles. The van der Waals surface area contributed by atoms with Crippen molar-refractivity contribution in [3.05, 3.63) is 27.2 Å². The lowest BCUT2D eigenvalue weighted by molar-refractivity contribution is -0.00000276. The summed E-state index contributed by atoms with van der Waals surface area (Å²) in [7, 11) is 0. The highest BCUT2D eigenvalue weighted by atomic mass is 35.5. The van der Waals surface area contributed by atoms with Gasteiger partial charge in [0.1, 0.15) is 10.8 Å². The molecule has 0 aromatic heterocycles. The smallest absolute Gasteiger partial charge is 0.135 e. The summed E-state index contributed by atoms with van der Waals surface area (Å²) in [5.41, 5.74) is 0. The number of benzene rings is 1. The number of hydrogen-bond donors (Lipinski definition) is 1. The Morgan fingerprint density at radius 1 is 1.00 bits per heavy atom. The first kappa shape index (κ1) is 11.2. The summed E-state index contributed by atoms with van der Waals surface area (Å²) in [6, 6.07) is 2.86. The Morgan fingerprint density at radius 3 is 2.00 bits per heavy atom. The zero-order chi connectivity index (χ0) is 7.72. The SMILES string of the molecule is Oc1ccc(Cl)c(Cl)c1Cl.[Cl-]. The topological polar surface area (TPSA) is 20.2 Å². The van der Waals surface area contributed by atoms with Crippen molar-refractivity contribution in [1.29, 1.82) is 0 Å². The zero-order valence-corrected chi connectivity index (χ0v) is 8.14. The maximum atomic E-state index is 8.95. The van der Waals surface area contributed by atoms with Crippen LogP contribution in [0.25, 0.3) is 0 Å². The number of aromatic hydroxyl groups is 1. The van der Waals surface area contributed by atoms with E-state index in [9.17, 15) is 0 Å². The molecule has 0 unspecified atom stereocenters. The maximum absolute atomic E-state index is 8.95. The fourth-order valence-corrected chi connectivity index (χ4v) is 1.05. The van der Waals surface area contributed by atoms with Crippen LogP contribution in [-0.2, 0) is 0 Å². The molecule has 0 saturated heterocycles. The van der Waals surface area contributed by atoms with Crippen molar-refractivity contribution in [1.82, 2.24) is 0 Å².